The van der Waals surface area contributed by atoms with E-state index in [1.165, 1.54) is 0 Å². The highest BCUT2D eigenvalue weighted by Gasteiger charge is 2.48. The Morgan fingerprint density at radius 1 is 1.40 bits per heavy atom. The van der Waals surface area contributed by atoms with E-state index >= 15 is 0 Å². The molecule has 2 saturated heterocycles. The zero-order valence-corrected chi connectivity index (χ0v) is 15.0. The van der Waals surface area contributed by atoms with Crippen LogP contribution in [0, 0.1) is 12.3 Å². The SMILES string of the molecule is Cc1nc(CN2CC3(CCN(C(=O)c4cccnc4)C3)CC2=O)cs1. The van der Waals surface area contributed by atoms with Gasteiger partial charge in [0.05, 0.1) is 22.8 Å². The second-order valence-electron chi connectivity index (χ2n) is 7.00. The van der Waals surface area contributed by atoms with E-state index in [1.54, 1.807) is 35.9 Å². The Labute approximate surface area is 150 Å². The lowest BCUT2D eigenvalue weighted by atomic mass is 9.86. The number of aryl methyl sites for hydroxylation is 1. The maximum Gasteiger partial charge on any atom is 0.255 e. The number of amides is 2. The summed E-state index contributed by atoms with van der Waals surface area (Å²) < 4.78 is 0. The summed E-state index contributed by atoms with van der Waals surface area (Å²) in [5.41, 5.74) is 1.45. The van der Waals surface area contributed by atoms with Gasteiger partial charge in [0, 0.05) is 49.2 Å². The molecule has 2 aliphatic heterocycles. The van der Waals surface area contributed by atoms with Crippen LogP contribution in [0.4, 0.5) is 0 Å². The van der Waals surface area contributed by atoms with Crippen molar-refractivity contribution in [1.29, 1.82) is 0 Å². The van der Waals surface area contributed by atoms with Crippen molar-refractivity contribution in [2.75, 3.05) is 19.6 Å². The first-order valence-corrected chi connectivity index (χ1v) is 9.31. The molecule has 2 fully saturated rings. The minimum absolute atomic E-state index is 0.00556. The van der Waals surface area contributed by atoms with Crippen molar-refractivity contribution < 1.29 is 9.59 Å². The van der Waals surface area contributed by atoms with Crippen LogP contribution in [0.15, 0.2) is 29.9 Å². The Hall–Kier alpha value is -2.28. The van der Waals surface area contributed by atoms with Gasteiger partial charge in [0.2, 0.25) is 5.91 Å². The number of carbonyl (C=O) groups excluding carboxylic acids is 2. The number of pyridine rings is 1. The van der Waals surface area contributed by atoms with E-state index in [9.17, 15) is 9.59 Å². The van der Waals surface area contributed by atoms with Gasteiger partial charge in [0.15, 0.2) is 0 Å². The number of likely N-dealkylation sites (tertiary alicyclic amines) is 2. The van der Waals surface area contributed by atoms with Crippen molar-refractivity contribution in [2.24, 2.45) is 5.41 Å². The van der Waals surface area contributed by atoms with Crippen molar-refractivity contribution in [3.63, 3.8) is 0 Å². The molecule has 0 aromatic carbocycles. The summed E-state index contributed by atoms with van der Waals surface area (Å²) in [6.45, 7) is 4.59. The molecule has 0 bridgehead atoms. The monoisotopic (exact) mass is 356 g/mol. The van der Waals surface area contributed by atoms with Gasteiger partial charge in [0.25, 0.3) is 5.91 Å². The molecular weight excluding hydrogens is 336 g/mol. The van der Waals surface area contributed by atoms with Gasteiger partial charge in [-0.25, -0.2) is 4.98 Å². The fourth-order valence-corrected chi connectivity index (χ4v) is 4.46. The maximum atomic E-state index is 12.6. The van der Waals surface area contributed by atoms with Crippen LogP contribution >= 0.6 is 11.3 Å². The summed E-state index contributed by atoms with van der Waals surface area (Å²) in [5, 5.41) is 3.03. The molecule has 2 aliphatic rings. The smallest absolute Gasteiger partial charge is 0.255 e. The standard InChI is InChI=1S/C18H20N4O2S/c1-13-20-15(10-25-13)9-22-12-18(7-16(22)23)4-6-21(11-18)17(24)14-3-2-5-19-8-14/h2-3,5,8,10H,4,6-7,9,11-12H2,1H3. The summed E-state index contributed by atoms with van der Waals surface area (Å²) in [7, 11) is 0. The minimum atomic E-state index is -0.111. The van der Waals surface area contributed by atoms with Gasteiger partial charge in [0.1, 0.15) is 0 Å². The second-order valence-corrected chi connectivity index (χ2v) is 8.07. The van der Waals surface area contributed by atoms with Crippen molar-refractivity contribution in [2.45, 2.75) is 26.3 Å². The summed E-state index contributed by atoms with van der Waals surface area (Å²) >= 11 is 1.61. The van der Waals surface area contributed by atoms with Crippen molar-refractivity contribution >= 4 is 23.2 Å². The highest BCUT2D eigenvalue weighted by atomic mass is 32.1. The topological polar surface area (TPSA) is 66.4 Å². The fraction of sp³-hybridized carbons (Fsp3) is 0.444. The van der Waals surface area contributed by atoms with E-state index in [0.717, 1.165) is 17.1 Å². The van der Waals surface area contributed by atoms with Crippen LogP contribution in [-0.4, -0.2) is 51.2 Å². The average molecular weight is 356 g/mol. The Balaban J connectivity index is 1.43. The van der Waals surface area contributed by atoms with Gasteiger partial charge >= 0.3 is 0 Å². The van der Waals surface area contributed by atoms with Gasteiger partial charge in [-0.05, 0) is 25.5 Å². The summed E-state index contributed by atoms with van der Waals surface area (Å²) in [6.07, 6.45) is 4.66. The Kier molecular flexibility index (Phi) is 4.03. The first kappa shape index (κ1) is 16.2. The van der Waals surface area contributed by atoms with Gasteiger partial charge in [-0.3, -0.25) is 14.6 Å². The number of thiazole rings is 1. The normalized spacial score (nSPS) is 23.0. The molecule has 6 nitrogen and oxygen atoms in total. The quantitative estimate of drug-likeness (QED) is 0.845. The molecule has 0 aliphatic carbocycles. The molecule has 0 radical (unpaired) electrons. The van der Waals surface area contributed by atoms with E-state index in [0.29, 0.717) is 38.2 Å². The summed E-state index contributed by atoms with van der Waals surface area (Å²) in [5.74, 6) is 0.173. The van der Waals surface area contributed by atoms with Gasteiger partial charge in [-0.2, -0.15) is 0 Å². The van der Waals surface area contributed by atoms with Gasteiger partial charge < -0.3 is 9.80 Å². The lowest BCUT2D eigenvalue weighted by Crippen LogP contribution is -2.34. The average Bonchev–Trinajstić information content (AvgIpc) is 3.29. The third kappa shape index (κ3) is 3.16. The molecule has 130 valence electrons. The third-order valence-corrected chi connectivity index (χ3v) is 5.88. The number of hydrogen-bond donors (Lipinski definition) is 0. The van der Waals surface area contributed by atoms with Gasteiger partial charge in [-0.15, -0.1) is 11.3 Å². The highest BCUT2D eigenvalue weighted by Crippen LogP contribution is 2.41. The minimum Gasteiger partial charge on any atom is -0.338 e. The van der Waals surface area contributed by atoms with Crippen LogP contribution in [0.3, 0.4) is 0 Å². The molecule has 4 heterocycles. The van der Waals surface area contributed by atoms with Crippen LogP contribution in [0.2, 0.25) is 0 Å². The van der Waals surface area contributed by atoms with Crippen LogP contribution in [0.25, 0.3) is 0 Å². The number of aromatic nitrogens is 2. The lowest BCUT2D eigenvalue weighted by Gasteiger charge is -2.24. The Morgan fingerprint density at radius 2 is 2.28 bits per heavy atom. The van der Waals surface area contributed by atoms with Crippen molar-refractivity contribution in [3.8, 4) is 0 Å². The van der Waals surface area contributed by atoms with Crippen LogP contribution in [-0.2, 0) is 11.3 Å². The molecule has 1 atom stereocenters. The first-order chi connectivity index (χ1) is 12.0. The molecule has 4 rings (SSSR count). The maximum absolute atomic E-state index is 12.6. The van der Waals surface area contributed by atoms with Gasteiger partial charge in [-0.1, -0.05) is 0 Å². The third-order valence-electron chi connectivity index (χ3n) is 5.06. The molecule has 7 heteroatoms. The molecule has 2 aromatic heterocycles. The number of hydrogen-bond acceptors (Lipinski definition) is 5. The molecule has 1 unspecified atom stereocenters. The summed E-state index contributed by atoms with van der Waals surface area (Å²) in [4.78, 5) is 37.3. The number of rotatable bonds is 3. The van der Waals surface area contributed by atoms with Crippen molar-refractivity contribution in [3.05, 3.63) is 46.2 Å². The Morgan fingerprint density at radius 3 is 3.00 bits per heavy atom. The van der Waals surface area contributed by atoms with Crippen LogP contribution < -0.4 is 0 Å². The summed E-state index contributed by atoms with van der Waals surface area (Å²) in [6, 6.07) is 3.56. The number of nitrogens with zero attached hydrogens (tertiary/aromatic N) is 4. The lowest BCUT2D eigenvalue weighted by molar-refractivity contribution is -0.128. The predicted molar refractivity (Wildman–Crippen MR) is 94.1 cm³/mol. The molecule has 2 aromatic rings. The van der Waals surface area contributed by atoms with E-state index < -0.39 is 0 Å². The zero-order valence-electron chi connectivity index (χ0n) is 14.1. The van der Waals surface area contributed by atoms with Crippen LogP contribution in [0.5, 0.6) is 0 Å². The molecule has 1 spiro atoms. The molecule has 25 heavy (non-hydrogen) atoms. The van der Waals surface area contributed by atoms with E-state index in [2.05, 4.69) is 9.97 Å². The van der Waals surface area contributed by atoms with Crippen LogP contribution in [0.1, 0.15) is 33.9 Å². The number of carbonyl (C=O) groups is 2. The first-order valence-electron chi connectivity index (χ1n) is 8.43. The largest absolute Gasteiger partial charge is 0.338 e. The molecule has 0 N–H and O–H groups in total. The predicted octanol–water partition coefficient (Wildman–Crippen LogP) is 2.11. The fourth-order valence-electron chi connectivity index (χ4n) is 3.86. The molecular formula is C18H20N4O2S. The van der Waals surface area contributed by atoms with E-state index in [1.807, 2.05) is 22.1 Å². The zero-order chi connectivity index (χ0) is 17.4. The molecule has 0 saturated carbocycles. The van der Waals surface area contributed by atoms with E-state index in [4.69, 9.17) is 0 Å². The molecule has 2 amide bonds. The Bertz CT molecular complexity index is 806. The highest BCUT2D eigenvalue weighted by molar-refractivity contribution is 7.09. The van der Waals surface area contributed by atoms with Crippen molar-refractivity contribution in [1.82, 2.24) is 19.8 Å². The second kappa shape index (κ2) is 6.22. The van der Waals surface area contributed by atoms with E-state index in [-0.39, 0.29) is 17.2 Å².